The van der Waals surface area contributed by atoms with Crippen LogP contribution in [0.2, 0.25) is 0 Å². The molecule has 0 saturated carbocycles. The first-order chi connectivity index (χ1) is 18.8. The van der Waals surface area contributed by atoms with E-state index < -0.39 is 10.0 Å². The van der Waals surface area contributed by atoms with Gasteiger partial charge in [0.1, 0.15) is 11.6 Å². The average Bonchev–Trinajstić information content (AvgIpc) is 3.54. The Bertz CT molecular complexity index is 1430. The van der Waals surface area contributed by atoms with Crippen LogP contribution in [0, 0.1) is 6.92 Å². The third-order valence-corrected chi connectivity index (χ3v) is 8.55. The van der Waals surface area contributed by atoms with Crippen LogP contribution in [0.1, 0.15) is 58.0 Å². The zero-order valence-electron chi connectivity index (χ0n) is 23.2. The smallest absolute Gasteiger partial charge is 0.277 e. The Morgan fingerprint density at radius 1 is 1.23 bits per heavy atom. The molecule has 3 heterocycles. The molecule has 0 bridgehead atoms. The van der Waals surface area contributed by atoms with Gasteiger partial charge in [-0.15, -0.1) is 5.10 Å². The number of benzene rings is 1. The first-order valence-corrected chi connectivity index (χ1v) is 15.2. The SMILES string of the molecule is CCCc1nc(C)c2c(=O)[nH]c(-c3cc(S(=O)(=O)N(CCCOCC)CC4CCCO4)ccc3OCC)nn12. The molecule has 1 aromatic carbocycles. The maximum absolute atomic E-state index is 13.9. The fourth-order valence-electron chi connectivity index (χ4n) is 4.84. The van der Waals surface area contributed by atoms with E-state index in [-0.39, 0.29) is 28.9 Å². The highest BCUT2D eigenvalue weighted by Gasteiger charge is 2.30. The molecule has 0 amide bonds. The lowest BCUT2D eigenvalue weighted by Gasteiger charge is -2.25. The van der Waals surface area contributed by atoms with Crippen LogP contribution in [0.3, 0.4) is 0 Å². The normalized spacial score (nSPS) is 16.0. The van der Waals surface area contributed by atoms with E-state index in [0.717, 1.165) is 19.3 Å². The summed E-state index contributed by atoms with van der Waals surface area (Å²) in [5.41, 5.74) is 1.01. The molecule has 1 atom stereocenters. The van der Waals surface area contributed by atoms with Crippen LogP contribution in [0.5, 0.6) is 5.75 Å². The van der Waals surface area contributed by atoms with Crippen molar-refractivity contribution < 1.29 is 22.6 Å². The molecule has 39 heavy (non-hydrogen) atoms. The predicted molar refractivity (Wildman–Crippen MR) is 148 cm³/mol. The Balaban J connectivity index is 1.77. The van der Waals surface area contributed by atoms with Gasteiger partial charge in [0.05, 0.1) is 28.9 Å². The van der Waals surface area contributed by atoms with Gasteiger partial charge in [0.15, 0.2) is 11.3 Å². The minimum atomic E-state index is -3.90. The zero-order valence-corrected chi connectivity index (χ0v) is 24.1. The van der Waals surface area contributed by atoms with Gasteiger partial charge < -0.3 is 19.2 Å². The standard InChI is InChI=1S/C27H39N5O6S/c1-5-10-24-28-19(4)25-27(33)29-26(30-32(24)25)22-17-21(12-13-23(22)37-7-3)39(34,35)31(14-9-15-36-6-2)18-20-11-8-16-38-20/h12-13,17,20H,5-11,14-16,18H2,1-4H3,(H,29,30,33). The summed E-state index contributed by atoms with van der Waals surface area (Å²) in [6.07, 6.45) is 3.65. The van der Waals surface area contributed by atoms with E-state index in [1.165, 1.54) is 16.4 Å². The van der Waals surface area contributed by atoms with Crippen molar-refractivity contribution in [2.24, 2.45) is 0 Å². The number of hydrogen-bond donors (Lipinski definition) is 1. The van der Waals surface area contributed by atoms with Crippen LogP contribution in [-0.2, 0) is 25.9 Å². The summed E-state index contributed by atoms with van der Waals surface area (Å²) < 4.78 is 47.9. The lowest BCUT2D eigenvalue weighted by atomic mass is 10.2. The van der Waals surface area contributed by atoms with Gasteiger partial charge in [0, 0.05) is 39.3 Å². The van der Waals surface area contributed by atoms with Crippen LogP contribution in [0.4, 0.5) is 0 Å². The fourth-order valence-corrected chi connectivity index (χ4v) is 6.38. The predicted octanol–water partition coefficient (Wildman–Crippen LogP) is 3.34. The highest BCUT2D eigenvalue weighted by atomic mass is 32.2. The van der Waals surface area contributed by atoms with Crippen molar-refractivity contribution in [1.29, 1.82) is 0 Å². The van der Waals surface area contributed by atoms with E-state index in [1.54, 1.807) is 17.5 Å². The number of ether oxygens (including phenoxy) is 3. The van der Waals surface area contributed by atoms with Gasteiger partial charge in [0.2, 0.25) is 10.0 Å². The first kappa shape index (κ1) is 29.2. The molecular formula is C27H39N5O6S. The number of rotatable bonds is 14. The molecule has 4 rings (SSSR count). The van der Waals surface area contributed by atoms with Crippen molar-refractivity contribution in [2.75, 3.05) is 39.5 Å². The second kappa shape index (κ2) is 13.0. The number of fused-ring (bicyclic) bond motifs is 1. The van der Waals surface area contributed by atoms with Gasteiger partial charge in [-0.3, -0.25) is 4.79 Å². The van der Waals surface area contributed by atoms with Gasteiger partial charge in [0.25, 0.3) is 5.56 Å². The zero-order chi connectivity index (χ0) is 28.0. The summed E-state index contributed by atoms with van der Waals surface area (Å²) in [5, 5.41) is 4.68. The molecule has 1 aliphatic heterocycles. The lowest BCUT2D eigenvalue weighted by Crippen LogP contribution is -2.38. The molecule has 0 radical (unpaired) electrons. The molecule has 0 aliphatic carbocycles. The number of aryl methyl sites for hydroxylation is 2. The Morgan fingerprint density at radius 2 is 2.05 bits per heavy atom. The average molecular weight is 562 g/mol. The molecule has 1 saturated heterocycles. The number of H-pyrrole nitrogens is 1. The lowest BCUT2D eigenvalue weighted by molar-refractivity contribution is 0.0894. The second-order valence-corrected chi connectivity index (χ2v) is 11.5. The summed E-state index contributed by atoms with van der Waals surface area (Å²) in [4.78, 5) is 20.5. The second-order valence-electron chi connectivity index (χ2n) is 9.57. The van der Waals surface area contributed by atoms with E-state index in [1.807, 2.05) is 20.8 Å². The summed E-state index contributed by atoms with van der Waals surface area (Å²) in [6, 6.07) is 4.68. The van der Waals surface area contributed by atoms with E-state index in [9.17, 15) is 13.2 Å². The number of aromatic amines is 1. The van der Waals surface area contributed by atoms with E-state index in [0.29, 0.717) is 74.2 Å². The van der Waals surface area contributed by atoms with E-state index in [4.69, 9.17) is 14.2 Å². The Morgan fingerprint density at radius 3 is 2.74 bits per heavy atom. The Kier molecular flexibility index (Phi) is 9.76. The quantitative estimate of drug-likeness (QED) is 0.297. The van der Waals surface area contributed by atoms with E-state index in [2.05, 4.69) is 15.1 Å². The number of aromatic nitrogens is 4. The van der Waals surface area contributed by atoms with Crippen molar-refractivity contribution in [3.8, 4) is 17.1 Å². The molecule has 2 aromatic heterocycles. The first-order valence-electron chi connectivity index (χ1n) is 13.7. The summed E-state index contributed by atoms with van der Waals surface area (Å²) in [6.45, 7) is 10.2. The highest BCUT2D eigenvalue weighted by molar-refractivity contribution is 7.89. The summed E-state index contributed by atoms with van der Waals surface area (Å²) >= 11 is 0. The molecule has 1 aliphatic rings. The fraction of sp³-hybridized carbons (Fsp3) is 0.593. The van der Waals surface area contributed by atoms with Gasteiger partial charge in [-0.1, -0.05) is 6.92 Å². The molecule has 1 N–H and O–H groups in total. The minimum absolute atomic E-state index is 0.0914. The van der Waals surface area contributed by atoms with Crippen LogP contribution in [-0.4, -0.2) is 77.9 Å². The molecule has 214 valence electrons. The minimum Gasteiger partial charge on any atom is -0.493 e. The third-order valence-electron chi connectivity index (χ3n) is 6.69. The Hall–Kier alpha value is -2.80. The highest BCUT2D eigenvalue weighted by Crippen LogP contribution is 2.32. The number of nitrogens with zero attached hydrogens (tertiary/aromatic N) is 4. The number of hydrogen-bond acceptors (Lipinski definition) is 8. The molecule has 0 spiro atoms. The number of sulfonamides is 1. The molecule has 1 fully saturated rings. The van der Waals surface area contributed by atoms with Gasteiger partial charge in [-0.2, -0.15) is 4.31 Å². The maximum Gasteiger partial charge on any atom is 0.277 e. The van der Waals surface area contributed by atoms with E-state index >= 15 is 0 Å². The molecule has 1 unspecified atom stereocenters. The van der Waals surface area contributed by atoms with Crippen molar-refractivity contribution in [2.45, 2.75) is 70.8 Å². The number of nitrogens with one attached hydrogen (secondary N) is 1. The molecule has 11 nitrogen and oxygen atoms in total. The van der Waals surface area contributed by atoms with Crippen molar-refractivity contribution in [3.05, 3.63) is 40.1 Å². The maximum atomic E-state index is 13.9. The number of imidazole rings is 1. The van der Waals surface area contributed by atoms with Crippen molar-refractivity contribution in [3.63, 3.8) is 0 Å². The Labute approximate surface area is 229 Å². The topological polar surface area (TPSA) is 128 Å². The summed E-state index contributed by atoms with van der Waals surface area (Å²) in [5.74, 6) is 1.32. The van der Waals surface area contributed by atoms with Gasteiger partial charge in [-0.05, 0) is 64.7 Å². The van der Waals surface area contributed by atoms with Crippen molar-refractivity contribution in [1.82, 2.24) is 23.9 Å². The largest absolute Gasteiger partial charge is 0.493 e. The van der Waals surface area contributed by atoms with Crippen molar-refractivity contribution >= 4 is 15.5 Å². The molecule has 3 aromatic rings. The van der Waals surface area contributed by atoms with Crippen LogP contribution in [0.15, 0.2) is 27.9 Å². The van der Waals surface area contributed by atoms with Gasteiger partial charge in [-0.25, -0.2) is 17.9 Å². The monoisotopic (exact) mass is 561 g/mol. The third kappa shape index (κ3) is 6.51. The van der Waals surface area contributed by atoms with Crippen LogP contribution >= 0.6 is 0 Å². The molecular weight excluding hydrogens is 522 g/mol. The van der Waals surface area contributed by atoms with Crippen LogP contribution in [0.25, 0.3) is 16.9 Å². The summed E-state index contributed by atoms with van der Waals surface area (Å²) in [7, 11) is -3.90. The molecule has 12 heteroatoms. The van der Waals surface area contributed by atoms with Gasteiger partial charge >= 0.3 is 0 Å². The van der Waals surface area contributed by atoms with Crippen LogP contribution < -0.4 is 10.3 Å².